The highest BCUT2D eigenvalue weighted by Gasteiger charge is 2.33. The highest BCUT2D eigenvalue weighted by Crippen LogP contribution is 2.36. The molecule has 1 aromatic heterocycles. The largest absolute Gasteiger partial charge is 0.573 e. The van der Waals surface area contributed by atoms with Crippen molar-refractivity contribution in [3.05, 3.63) is 60.2 Å². The van der Waals surface area contributed by atoms with Crippen molar-refractivity contribution in [1.29, 1.82) is 0 Å². The molecule has 3 N–H and O–H groups in total. The first-order valence-corrected chi connectivity index (χ1v) is 9.50. The molecule has 0 bridgehead atoms. The van der Waals surface area contributed by atoms with Gasteiger partial charge in [0.2, 0.25) is 5.95 Å². The van der Waals surface area contributed by atoms with E-state index in [2.05, 4.69) is 25.3 Å². The van der Waals surface area contributed by atoms with Crippen molar-refractivity contribution >= 4 is 17.5 Å². The third-order valence-electron chi connectivity index (χ3n) is 4.23. The zero-order chi connectivity index (χ0) is 24.2. The molecular weight excluding hydrogens is 454 g/mol. The van der Waals surface area contributed by atoms with Crippen LogP contribution in [0.15, 0.2) is 54.6 Å². The van der Waals surface area contributed by atoms with E-state index in [9.17, 15) is 31.4 Å². The van der Waals surface area contributed by atoms with Crippen LogP contribution in [-0.4, -0.2) is 34.1 Å². The van der Waals surface area contributed by atoms with E-state index < -0.39 is 29.9 Å². The predicted molar refractivity (Wildman–Crippen MR) is 109 cm³/mol. The predicted octanol–water partition coefficient (Wildman–Crippen LogP) is 5.60. The molecule has 3 rings (SSSR count). The van der Waals surface area contributed by atoms with E-state index in [0.29, 0.717) is 0 Å². The SMILES string of the molecule is C[C@@H](CO)Nc1nc(Nc2ccccc2C(F)(F)F)cc(-c2cccc(OC(F)(F)F)c2)n1. The summed E-state index contributed by atoms with van der Waals surface area (Å²) in [5, 5.41) is 14.6. The first-order valence-electron chi connectivity index (χ1n) is 9.50. The van der Waals surface area contributed by atoms with Gasteiger partial charge in [-0.3, -0.25) is 0 Å². The number of nitrogens with one attached hydrogen (secondary N) is 2. The molecule has 0 spiro atoms. The number of aliphatic hydroxyl groups excluding tert-OH is 1. The number of nitrogens with zero attached hydrogens (tertiary/aromatic N) is 2. The molecule has 33 heavy (non-hydrogen) atoms. The van der Waals surface area contributed by atoms with Gasteiger partial charge in [-0.25, -0.2) is 4.98 Å². The Morgan fingerprint density at radius 3 is 2.36 bits per heavy atom. The lowest BCUT2D eigenvalue weighted by Crippen LogP contribution is -2.21. The number of alkyl halides is 6. The fourth-order valence-electron chi connectivity index (χ4n) is 2.82. The number of aromatic nitrogens is 2. The summed E-state index contributed by atoms with van der Waals surface area (Å²) in [5.74, 6) is -0.594. The second-order valence-electron chi connectivity index (χ2n) is 6.93. The average molecular weight is 472 g/mol. The summed E-state index contributed by atoms with van der Waals surface area (Å²) in [4.78, 5) is 8.33. The lowest BCUT2D eigenvalue weighted by atomic mass is 10.1. The summed E-state index contributed by atoms with van der Waals surface area (Å²) in [7, 11) is 0. The van der Waals surface area contributed by atoms with E-state index >= 15 is 0 Å². The minimum absolute atomic E-state index is 0.0496. The van der Waals surface area contributed by atoms with Gasteiger partial charge < -0.3 is 20.5 Å². The maximum Gasteiger partial charge on any atom is 0.573 e. The van der Waals surface area contributed by atoms with Crippen molar-refractivity contribution in [1.82, 2.24) is 9.97 Å². The van der Waals surface area contributed by atoms with Gasteiger partial charge in [-0.1, -0.05) is 24.3 Å². The standard InChI is InChI=1S/C21H18F6N4O2/c1-12(11-32)28-19-30-17(13-5-4-6-14(9-13)33-21(25,26)27)10-18(31-19)29-16-8-3-2-7-15(16)20(22,23)24/h2-10,12,32H,11H2,1H3,(H2,28,29,30,31)/t12-/m0/s1. The van der Waals surface area contributed by atoms with Gasteiger partial charge in [0.25, 0.3) is 0 Å². The smallest absolute Gasteiger partial charge is 0.406 e. The Hall–Kier alpha value is -3.54. The molecule has 2 aromatic carbocycles. The van der Waals surface area contributed by atoms with Gasteiger partial charge in [-0.15, -0.1) is 13.2 Å². The Bertz CT molecular complexity index is 1100. The number of aliphatic hydroxyl groups is 1. The van der Waals surface area contributed by atoms with E-state index in [1.165, 1.54) is 36.4 Å². The molecule has 1 atom stereocenters. The van der Waals surface area contributed by atoms with Crippen molar-refractivity contribution in [2.45, 2.75) is 25.5 Å². The zero-order valence-corrected chi connectivity index (χ0v) is 17.0. The van der Waals surface area contributed by atoms with Crippen LogP contribution in [0.4, 0.5) is 43.8 Å². The monoisotopic (exact) mass is 472 g/mol. The van der Waals surface area contributed by atoms with Gasteiger partial charge in [-0.05, 0) is 31.2 Å². The molecule has 0 unspecified atom stereocenters. The number of anilines is 3. The quantitative estimate of drug-likeness (QED) is 0.389. The first-order chi connectivity index (χ1) is 15.4. The number of benzene rings is 2. The molecule has 6 nitrogen and oxygen atoms in total. The first kappa shape index (κ1) is 24.1. The van der Waals surface area contributed by atoms with Gasteiger partial charge in [-0.2, -0.15) is 18.2 Å². The Balaban J connectivity index is 2.04. The second-order valence-corrected chi connectivity index (χ2v) is 6.93. The molecule has 0 saturated heterocycles. The van der Waals surface area contributed by atoms with Gasteiger partial charge >= 0.3 is 12.5 Å². The van der Waals surface area contributed by atoms with Crippen LogP contribution < -0.4 is 15.4 Å². The fraction of sp³-hybridized carbons (Fsp3) is 0.238. The van der Waals surface area contributed by atoms with Crippen LogP contribution in [-0.2, 0) is 6.18 Å². The number of rotatable bonds is 7. The Labute approximate surface area is 184 Å². The van der Waals surface area contributed by atoms with Crippen molar-refractivity contribution in [2.75, 3.05) is 17.2 Å². The van der Waals surface area contributed by atoms with Crippen LogP contribution in [0.2, 0.25) is 0 Å². The van der Waals surface area contributed by atoms with Crippen molar-refractivity contribution in [3.63, 3.8) is 0 Å². The molecule has 12 heteroatoms. The van der Waals surface area contributed by atoms with Gasteiger partial charge in [0.05, 0.1) is 23.6 Å². The lowest BCUT2D eigenvalue weighted by Gasteiger charge is -2.17. The summed E-state index contributed by atoms with van der Waals surface area (Å²) < 4.78 is 81.7. The van der Waals surface area contributed by atoms with Crippen LogP contribution in [0, 0.1) is 0 Å². The van der Waals surface area contributed by atoms with E-state index in [1.54, 1.807) is 6.92 Å². The maximum absolute atomic E-state index is 13.4. The number of hydrogen-bond acceptors (Lipinski definition) is 6. The molecule has 0 aliphatic heterocycles. The minimum Gasteiger partial charge on any atom is -0.406 e. The van der Waals surface area contributed by atoms with Crippen LogP contribution in [0.25, 0.3) is 11.3 Å². The van der Waals surface area contributed by atoms with Crippen LogP contribution in [0.5, 0.6) is 5.75 Å². The van der Waals surface area contributed by atoms with E-state index in [0.717, 1.165) is 18.2 Å². The summed E-state index contributed by atoms with van der Waals surface area (Å²) in [5.41, 5.74) is -0.891. The van der Waals surface area contributed by atoms with E-state index in [-0.39, 0.29) is 35.3 Å². The molecule has 0 aliphatic carbocycles. The van der Waals surface area contributed by atoms with Gasteiger partial charge in [0.15, 0.2) is 0 Å². The topological polar surface area (TPSA) is 79.3 Å². The summed E-state index contributed by atoms with van der Waals surface area (Å²) in [6.07, 6.45) is -9.53. The molecule has 176 valence electrons. The molecule has 0 saturated carbocycles. The van der Waals surface area contributed by atoms with Crippen LogP contribution in [0.1, 0.15) is 12.5 Å². The number of para-hydroxylation sites is 1. The molecular formula is C21H18F6N4O2. The minimum atomic E-state index is -4.90. The molecule has 0 amide bonds. The summed E-state index contributed by atoms with van der Waals surface area (Å²) in [6, 6.07) is 10.5. The summed E-state index contributed by atoms with van der Waals surface area (Å²) >= 11 is 0. The molecule has 0 radical (unpaired) electrons. The Morgan fingerprint density at radius 1 is 0.970 bits per heavy atom. The Morgan fingerprint density at radius 2 is 1.70 bits per heavy atom. The summed E-state index contributed by atoms with van der Waals surface area (Å²) in [6.45, 7) is 1.32. The van der Waals surface area contributed by atoms with Crippen molar-refractivity contribution in [2.24, 2.45) is 0 Å². The van der Waals surface area contributed by atoms with E-state index in [1.807, 2.05) is 0 Å². The van der Waals surface area contributed by atoms with Crippen LogP contribution >= 0.6 is 0 Å². The number of halogens is 6. The third-order valence-corrected chi connectivity index (χ3v) is 4.23. The lowest BCUT2D eigenvalue weighted by molar-refractivity contribution is -0.274. The average Bonchev–Trinajstić information content (AvgIpc) is 2.72. The number of hydrogen-bond donors (Lipinski definition) is 3. The zero-order valence-electron chi connectivity index (χ0n) is 17.0. The molecule has 0 aliphatic rings. The normalized spacial score (nSPS) is 12.8. The molecule has 3 aromatic rings. The molecule has 0 fully saturated rings. The molecule has 1 heterocycles. The van der Waals surface area contributed by atoms with Gasteiger partial charge in [0, 0.05) is 17.7 Å². The highest BCUT2D eigenvalue weighted by molar-refractivity contribution is 5.69. The number of ether oxygens (including phenoxy) is 1. The third kappa shape index (κ3) is 6.72. The maximum atomic E-state index is 13.4. The van der Waals surface area contributed by atoms with E-state index in [4.69, 9.17) is 0 Å². The second kappa shape index (κ2) is 9.53. The van der Waals surface area contributed by atoms with Crippen molar-refractivity contribution in [3.8, 4) is 17.0 Å². The van der Waals surface area contributed by atoms with Gasteiger partial charge in [0.1, 0.15) is 11.6 Å². The Kier molecular flexibility index (Phi) is 6.96. The fourth-order valence-corrected chi connectivity index (χ4v) is 2.82. The van der Waals surface area contributed by atoms with Crippen LogP contribution in [0.3, 0.4) is 0 Å². The highest BCUT2D eigenvalue weighted by atomic mass is 19.4. The van der Waals surface area contributed by atoms with Crippen molar-refractivity contribution < 1.29 is 36.2 Å².